The van der Waals surface area contributed by atoms with Crippen LogP contribution >= 0.6 is 0 Å². The molecule has 1 rings (SSSR count). The number of rotatable bonds is 5. The molecule has 1 aliphatic rings. The van der Waals surface area contributed by atoms with E-state index in [4.69, 9.17) is 5.11 Å². The maximum absolute atomic E-state index is 11.4. The van der Waals surface area contributed by atoms with Crippen molar-refractivity contribution >= 4 is 11.9 Å². The highest BCUT2D eigenvalue weighted by molar-refractivity contribution is 5.70. The fraction of sp³-hybridized carbons (Fsp3) is 0.778. The molecule has 0 radical (unpaired) electrons. The number of aliphatic carboxylic acids is 1. The maximum atomic E-state index is 11.4. The van der Waals surface area contributed by atoms with Gasteiger partial charge in [-0.05, 0) is 6.42 Å². The summed E-state index contributed by atoms with van der Waals surface area (Å²) >= 11 is 0. The minimum absolute atomic E-state index is 0.0770. The van der Waals surface area contributed by atoms with Crippen LogP contribution in [0, 0.1) is 11.1 Å². The first-order chi connectivity index (χ1) is 8.40. The topological polar surface area (TPSA) is 114 Å². The Kier molecular flexibility index (Phi) is 4.69. The molecule has 9 heteroatoms. The lowest BCUT2D eigenvalue weighted by atomic mass is 10.1. The summed E-state index contributed by atoms with van der Waals surface area (Å²) < 4.78 is 4.59. The summed E-state index contributed by atoms with van der Waals surface area (Å²) in [4.78, 5) is 26.1. The molecule has 1 fully saturated rings. The van der Waals surface area contributed by atoms with Gasteiger partial charge in [0.15, 0.2) is 0 Å². The van der Waals surface area contributed by atoms with Gasteiger partial charge in [-0.25, -0.2) is 0 Å². The van der Waals surface area contributed by atoms with Crippen LogP contribution in [0.4, 0.5) is 0 Å². The van der Waals surface area contributed by atoms with Crippen molar-refractivity contribution in [2.45, 2.75) is 26.6 Å². The largest absolute Gasteiger partial charge is 0.569 e. The van der Waals surface area contributed by atoms with Gasteiger partial charge in [-0.15, -0.1) is 5.01 Å². The zero-order valence-corrected chi connectivity index (χ0v) is 10.1. The Morgan fingerprint density at radius 1 is 1.61 bits per heavy atom. The molecule has 0 aliphatic carbocycles. The molecule has 1 heterocycles. The van der Waals surface area contributed by atoms with Gasteiger partial charge in [0.1, 0.15) is 0 Å². The predicted octanol–water partition coefficient (Wildman–Crippen LogP) is 0.111. The van der Waals surface area contributed by atoms with Crippen LogP contribution in [-0.4, -0.2) is 46.4 Å². The molecule has 0 saturated carbocycles. The van der Waals surface area contributed by atoms with Crippen LogP contribution in [0.5, 0.6) is 0 Å². The van der Waals surface area contributed by atoms with E-state index in [0.29, 0.717) is 6.42 Å². The van der Waals surface area contributed by atoms with Crippen molar-refractivity contribution in [1.29, 1.82) is 0 Å². The standard InChI is InChI=1S/C9H15N3O6/c1-6(13)17-7(2)18-10-12(16)11-4-3-8(5-11)9(14)15/h7-8H,3-5H2,1-2H3,(H,14,15)/b12-10-. The van der Waals surface area contributed by atoms with Crippen molar-refractivity contribution in [1.82, 2.24) is 5.01 Å². The van der Waals surface area contributed by atoms with Crippen molar-refractivity contribution < 1.29 is 29.2 Å². The summed E-state index contributed by atoms with van der Waals surface area (Å²) in [6.07, 6.45) is -0.597. The number of hydrogen-bond donors (Lipinski definition) is 1. The highest BCUT2D eigenvalue weighted by Crippen LogP contribution is 2.16. The number of carbonyl (C=O) groups excluding carboxylic acids is 1. The number of carboxylic acids is 1. The SMILES string of the molecule is CC(=O)OC(C)O/N=[N+](\[O-])N1CCC(C(=O)O)C1. The summed E-state index contributed by atoms with van der Waals surface area (Å²) in [5.41, 5.74) is 0. The average molecular weight is 261 g/mol. The zero-order valence-electron chi connectivity index (χ0n) is 10.1. The highest BCUT2D eigenvalue weighted by atomic mass is 16.8. The van der Waals surface area contributed by atoms with E-state index in [9.17, 15) is 14.8 Å². The average Bonchev–Trinajstić information content (AvgIpc) is 2.74. The normalized spacial score (nSPS) is 21.6. The van der Waals surface area contributed by atoms with E-state index in [1.54, 1.807) is 0 Å². The molecular formula is C9H15N3O6. The first kappa shape index (κ1) is 14.0. The Balaban J connectivity index is 2.42. The highest BCUT2D eigenvalue weighted by Gasteiger charge is 2.32. The molecule has 1 N–H and O–H groups in total. The number of carbonyl (C=O) groups is 2. The summed E-state index contributed by atoms with van der Waals surface area (Å²) in [5, 5.41) is 24.6. The molecule has 0 bridgehead atoms. The Morgan fingerprint density at radius 2 is 2.28 bits per heavy atom. The van der Waals surface area contributed by atoms with E-state index >= 15 is 0 Å². The smallest absolute Gasteiger partial charge is 0.308 e. The second-order valence-corrected chi connectivity index (χ2v) is 3.85. The monoisotopic (exact) mass is 261 g/mol. The number of hydrazine groups is 1. The lowest BCUT2D eigenvalue weighted by Gasteiger charge is -2.12. The quantitative estimate of drug-likeness (QED) is 0.245. The van der Waals surface area contributed by atoms with E-state index in [1.807, 2.05) is 0 Å². The third-order valence-corrected chi connectivity index (χ3v) is 2.36. The molecule has 1 saturated heterocycles. The Labute approximate surface area is 103 Å². The van der Waals surface area contributed by atoms with Crippen LogP contribution in [0.1, 0.15) is 20.3 Å². The summed E-state index contributed by atoms with van der Waals surface area (Å²) in [7, 11) is 0. The lowest BCUT2D eigenvalue weighted by Crippen LogP contribution is -2.30. The van der Waals surface area contributed by atoms with Gasteiger partial charge in [0.2, 0.25) is 5.28 Å². The van der Waals surface area contributed by atoms with Crippen molar-refractivity contribution in [3.05, 3.63) is 5.21 Å². The molecule has 0 aromatic rings. The van der Waals surface area contributed by atoms with Gasteiger partial charge in [0.25, 0.3) is 6.29 Å². The van der Waals surface area contributed by atoms with Crippen molar-refractivity contribution in [3.8, 4) is 0 Å². The van der Waals surface area contributed by atoms with Gasteiger partial charge in [-0.1, -0.05) is 0 Å². The van der Waals surface area contributed by atoms with Gasteiger partial charge in [0.05, 0.1) is 24.0 Å². The van der Waals surface area contributed by atoms with Crippen LogP contribution in [0.2, 0.25) is 0 Å². The van der Waals surface area contributed by atoms with Gasteiger partial charge in [-0.2, -0.15) is 0 Å². The van der Waals surface area contributed by atoms with Crippen LogP contribution in [0.3, 0.4) is 0 Å². The van der Waals surface area contributed by atoms with Crippen molar-refractivity contribution in [3.63, 3.8) is 0 Å². The molecule has 0 amide bonds. The maximum Gasteiger partial charge on any atom is 0.308 e. The molecular weight excluding hydrogens is 246 g/mol. The van der Waals surface area contributed by atoms with E-state index in [1.165, 1.54) is 18.9 Å². The van der Waals surface area contributed by atoms with Gasteiger partial charge in [-0.3, -0.25) is 14.4 Å². The van der Waals surface area contributed by atoms with E-state index in [2.05, 4.69) is 14.9 Å². The molecule has 0 aromatic carbocycles. The molecule has 18 heavy (non-hydrogen) atoms. The summed E-state index contributed by atoms with van der Waals surface area (Å²) in [6, 6.07) is 0. The summed E-state index contributed by atoms with van der Waals surface area (Å²) in [6.45, 7) is 2.97. The first-order valence-electron chi connectivity index (χ1n) is 5.39. The van der Waals surface area contributed by atoms with Crippen molar-refractivity contribution in [2.75, 3.05) is 13.1 Å². The van der Waals surface area contributed by atoms with E-state index < -0.39 is 24.1 Å². The molecule has 0 spiro atoms. The molecule has 9 nitrogen and oxygen atoms in total. The number of carboxylic acid groups (broad SMARTS) is 1. The Hall–Kier alpha value is -2.06. The second kappa shape index (κ2) is 6.03. The van der Waals surface area contributed by atoms with Crippen LogP contribution in [0.15, 0.2) is 5.28 Å². The number of nitrogens with zero attached hydrogens (tertiary/aromatic N) is 3. The minimum Gasteiger partial charge on any atom is -0.569 e. The summed E-state index contributed by atoms with van der Waals surface area (Å²) in [5.74, 6) is -2.08. The van der Waals surface area contributed by atoms with E-state index in [0.717, 1.165) is 0 Å². The molecule has 2 atom stereocenters. The fourth-order valence-electron chi connectivity index (χ4n) is 1.51. The van der Waals surface area contributed by atoms with Gasteiger partial charge >= 0.3 is 11.9 Å². The van der Waals surface area contributed by atoms with E-state index in [-0.39, 0.29) is 18.1 Å². The second-order valence-electron chi connectivity index (χ2n) is 3.85. The third-order valence-electron chi connectivity index (χ3n) is 2.36. The molecule has 0 aromatic heterocycles. The number of esters is 1. The Morgan fingerprint density at radius 3 is 2.78 bits per heavy atom. The minimum atomic E-state index is -0.975. The fourth-order valence-corrected chi connectivity index (χ4v) is 1.51. The van der Waals surface area contributed by atoms with Gasteiger partial charge < -0.3 is 15.1 Å². The van der Waals surface area contributed by atoms with Crippen LogP contribution in [0.25, 0.3) is 0 Å². The van der Waals surface area contributed by atoms with Crippen LogP contribution < -0.4 is 0 Å². The molecule has 102 valence electrons. The number of ether oxygens (including phenoxy) is 1. The van der Waals surface area contributed by atoms with Gasteiger partial charge in [0, 0.05) is 13.8 Å². The zero-order chi connectivity index (χ0) is 13.7. The first-order valence-corrected chi connectivity index (χ1v) is 5.39. The van der Waals surface area contributed by atoms with Crippen LogP contribution in [-0.2, 0) is 19.2 Å². The Bertz CT molecular complexity index is 358. The lowest BCUT2D eigenvalue weighted by molar-refractivity contribution is -0.709. The van der Waals surface area contributed by atoms with Crippen molar-refractivity contribution in [2.24, 2.45) is 11.2 Å². The molecule has 2 unspecified atom stereocenters. The number of hydrogen-bond acceptors (Lipinski definition) is 6. The third kappa shape index (κ3) is 4.07. The molecule has 1 aliphatic heterocycles. The predicted molar refractivity (Wildman–Crippen MR) is 55.7 cm³/mol.